The molecule has 1 aliphatic carbocycles. The van der Waals surface area contributed by atoms with Gasteiger partial charge in [0.1, 0.15) is 17.1 Å². The highest BCUT2D eigenvalue weighted by Crippen LogP contribution is 2.26. The summed E-state index contributed by atoms with van der Waals surface area (Å²) in [6.45, 7) is 2.66. The van der Waals surface area contributed by atoms with Crippen LogP contribution in [0.4, 0.5) is 0 Å². The maximum atomic E-state index is 13.2. The van der Waals surface area contributed by atoms with Gasteiger partial charge in [0, 0.05) is 36.3 Å². The Bertz CT molecular complexity index is 1070. The number of fused-ring (bicyclic) bond motifs is 1. The number of aromatic nitrogens is 2. The number of hydrogen-bond donors (Lipinski definition) is 1. The summed E-state index contributed by atoms with van der Waals surface area (Å²) in [6.07, 6.45) is 8.97. The first-order valence-corrected chi connectivity index (χ1v) is 10.7. The van der Waals surface area contributed by atoms with Gasteiger partial charge in [-0.15, -0.1) is 0 Å². The van der Waals surface area contributed by atoms with Crippen LogP contribution in [0.25, 0.3) is 5.65 Å². The van der Waals surface area contributed by atoms with Crippen LogP contribution in [0, 0.1) is 0 Å². The minimum atomic E-state index is -0.159. The molecular formula is C24H27N3O3. The van der Waals surface area contributed by atoms with Crippen LogP contribution in [0.3, 0.4) is 0 Å². The van der Waals surface area contributed by atoms with E-state index in [1.807, 2.05) is 30.0 Å². The van der Waals surface area contributed by atoms with Gasteiger partial charge in [-0.05, 0) is 50.1 Å². The average Bonchev–Trinajstić information content (AvgIpc) is 3.21. The van der Waals surface area contributed by atoms with E-state index in [9.17, 15) is 14.7 Å². The fraction of sp³-hybridized carbons (Fsp3) is 0.375. The maximum absolute atomic E-state index is 13.2. The molecule has 6 heteroatoms. The fourth-order valence-corrected chi connectivity index (χ4v) is 4.39. The summed E-state index contributed by atoms with van der Waals surface area (Å²) in [4.78, 5) is 32.3. The van der Waals surface area contributed by atoms with Crippen LogP contribution in [-0.2, 0) is 6.42 Å². The first kappa shape index (κ1) is 20.1. The SMILES string of the molecule is CCN(C(=O)c1ccc(O)c(CC(=O)c2cnc3ccccn23)c1)C1CCCCC1. The quantitative estimate of drug-likeness (QED) is 0.622. The third-order valence-electron chi connectivity index (χ3n) is 6.00. The smallest absolute Gasteiger partial charge is 0.254 e. The van der Waals surface area contributed by atoms with Gasteiger partial charge in [-0.2, -0.15) is 0 Å². The number of rotatable bonds is 6. The van der Waals surface area contributed by atoms with Crippen molar-refractivity contribution in [1.29, 1.82) is 0 Å². The van der Waals surface area contributed by atoms with E-state index in [1.165, 1.54) is 12.5 Å². The van der Waals surface area contributed by atoms with Gasteiger partial charge in [0.2, 0.25) is 0 Å². The number of carbonyl (C=O) groups excluding carboxylic acids is 2. The second-order valence-corrected chi connectivity index (χ2v) is 7.90. The molecule has 30 heavy (non-hydrogen) atoms. The number of Topliss-reactive ketones (excluding diaryl/α,β-unsaturated/α-hetero) is 1. The lowest BCUT2D eigenvalue weighted by Crippen LogP contribution is -2.41. The Morgan fingerprint density at radius 2 is 1.97 bits per heavy atom. The molecule has 1 N–H and O–H groups in total. The highest BCUT2D eigenvalue weighted by atomic mass is 16.3. The van der Waals surface area contributed by atoms with Crippen molar-refractivity contribution in [3.8, 4) is 5.75 Å². The molecule has 2 aromatic heterocycles. The summed E-state index contributed by atoms with van der Waals surface area (Å²) in [6, 6.07) is 10.6. The van der Waals surface area contributed by atoms with Gasteiger partial charge in [-0.25, -0.2) is 4.98 Å². The van der Waals surface area contributed by atoms with Gasteiger partial charge < -0.3 is 10.0 Å². The third kappa shape index (κ3) is 3.95. The van der Waals surface area contributed by atoms with E-state index < -0.39 is 0 Å². The van der Waals surface area contributed by atoms with Gasteiger partial charge in [-0.3, -0.25) is 14.0 Å². The number of carbonyl (C=O) groups is 2. The number of hydrogen-bond acceptors (Lipinski definition) is 4. The highest BCUT2D eigenvalue weighted by Gasteiger charge is 2.25. The molecule has 1 aromatic carbocycles. The summed E-state index contributed by atoms with van der Waals surface area (Å²) in [5.74, 6) is -0.171. The van der Waals surface area contributed by atoms with Crippen molar-refractivity contribution in [2.75, 3.05) is 6.54 Å². The van der Waals surface area contributed by atoms with E-state index in [-0.39, 0.29) is 29.9 Å². The largest absolute Gasteiger partial charge is 0.508 e. The van der Waals surface area contributed by atoms with E-state index in [0.29, 0.717) is 29.0 Å². The Labute approximate surface area is 176 Å². The molecule has 0 aliphatic heterocycles. The minimum Gasteiger partial charge on any atom is -0.508 e. The second kappa shape index (κ2) is 8.69. The van der Waals surface area contributed by atoms with Crippen LogP contribution < -0.4 is 0 Å². The monoisotopic (exact) mass is 405 g/mol. The van der Waals surface area contributed by atoms with Gasteiger partial charge in [0.15, 0.2) is 5.78 Å². The fourth-order valence-electron chi connectivity index (χ4n) is 4.39. The van der Waals surface area contributed by atoms with E-state index in [1.54, 1.807) is 28.9 Å². The molecule has 1 aliphatic rings. The Morgan fingerprint density at radius 1 is 1.17 bits per heavy atom. The second-order valence-electron chi connectivity index (χ2n) is 7.90. The molecule has 6 nitrogen and oxygen atoms in total. The Balaban J connectivity index is 1.57. The zero-order valence-corrected chi connectivity index (χ0v) is 17.3. The molecule has 2 heterocycles. The number of nitrogens with zero attached hydrogens (tertiary/aromatic N) is 3. The summed E-state index contributed by atoms with van der Waals surface area (Å²) in [5.41, 5.74) is 2.12. The van der Waals surface area contributed by atoms with Crippen molar-refractivity contribution >= 4 is 17.3 Å². The van der Waals surface area contributed by atoms with Crippen LogP contribution in [0.1, 0.15) is 65.4 Å². The molecule has 1 fully saturated rings. The number of phenolic OH excluding ortho intramolecular Hbond substituents is 1. The zero-order chi connectivity index (χ0) is 21.1. The number of imidazole rings is 1. The van der Waals surface area contributed by atoms with Crippen LogP contribution in [-0.4, -0.2) is 43.7 Å². The molecule has 1 amide bonds. The van der Waals surface area contributed by atoms with E-state index >= 15 is 0 Å². The molecule has 4 rings (SSSR count). The standard InChI is InChI=1S/C24H27N3O3/c1-2-26(19-8-4-3-5-9-19)24(30)17-11-12-21(28)18(14-17)15-22(29)20-16-25-23-10-6-7-13-27(20)23/h6-7,10-14,16,19,28H,2-5,8-9,15H2,1H3. The average molecular weight is 405 g/mol. The lowest BCUT2D eigenvalue weighted by Gasteiger charge is -2.33. The van der Waals surface area contributed by atoms with Crippen molar-refractivity contribution in [2.24, 2.45) is 0 Å². The van der Waals surface area contributed by atoms with Crippen molar-refractivity contribution < 1.29 is 14.7 Å². The van der Waals surface area contributed by atoms with Crippen LogP contribution in [0.5, 0.6) is 5.75 Å². The Kier molecular flexibility index (Phi) is 5.84. The van der Waals surface area contributed by atoms with Gasteiger partial charge in [0.05, 0.1) is 6.20 Å². The molecule has 1 saturated carbocycles. The van der Waals surface area contributed by atoms with Crippen molar-refractivity contribution in [3.05, 3.63) is 65.6 Å². The molecule has 0 saturated heterocycles. The Hall–Kier alpha value is -3.15. The predicted molar refractivity (Wildman–Crippen MR) is 115 cm³/mol. The van der Waals surface area contributed by atoms with Crippen LogP contribution >= 0.6 is 0 Å². The van der Waals surface area contributed by atoms with Crippen molar-refractivity contribution in [1.82, 2.24) is 14.3 Å². The van der Waals surface area contributed by atoms with Crippen LogP contribution in [0.2, 0.25) is 0 Å². The third-order valence-corrected chi connectivity index (χ3v) is 6.00. The van der Waals surface area contributed by atoms with Crippen LogP contribution in [0.15, 0.2) is 48.8 Å². The molecule has 3 aromatic rings. The summed E-state index contributed by atoms with van der Waals surface area (Å²) in [7, 11) is 0. The highest BCUT2D eigenvalue weighted by molar-refractivity contribution is 5.98. The molecular weight excluding hydrogens is 378 g/mol. The van der Waals surface area contributed by atoms with Crippen molar-refractivity contribution in [2.45, 2.75) is 51.5 Å². The Morgan fingerprint density at radius 3 is 2.73 bits per heavy atom. The summed E-state index contributed by atoms with van der Waals surface area (Å²) in [5, 5.41) is 10.3. The number of aromatic hydroxyl groups is 1. The maximum Gasteiger partial charge on any atom is 0.254 e. The number of benzene rings is 1. The molecule has 0 radical (unpaired) electrons. The van der Waals surface area contributed by atoms with E-state index in [4.69, 9.17) is 0 Å². The lowest BCUT2D eigenvalue weighted by atomic mass is 9.93. The molecule has 0 spiro atoms. The minimum absolute atomic E-state index is 0.00515. The number of ketones is 1. The van der Waals surface area contributed by atoms with Crippen molar-refractivity contribution in [3.63, 3.8) is 0 Å². The number of pyridine rings is 1. The first-order valence-electron chi connectivity index (χ1n) is 10.7. The van der Waals surface area contributed by atoms with E-state index in [0.717, 1.165) is 25.7 Å². The molecule has 0 atom stereocenters. The summed E-state index contributed by atoms with van der Waals surface area (Å²) >= 11 is 0. The van der Waals surface area contributed by atoms with Gasteiger partial charge in [0.25, 0.3) is 5.91 Å². The first-order chi connectivity index (χ1) is 14.6. The summed E-state index contributed by atoms with van der Waals surface area (Å²) < 4.78 is 1.73. The molecule has 156 valence electrons. The topological polar surface area (TPSA) is 74.9 Å². The number of phenols is 1. The van der Waals surface area contributed by atoms with Gasteiger partial charge in [-0.1, -0.05) is 25.3 Å². The molecule has 0 unspecified atom stereocenters. The van der Waals surface area contributed by atoms with Gasteiger partial charge >= 0.3 is 0 Å². The zero-order valence-electron chi connectivity index (χ0n) is 17.3. The molecule has 0 bridgehead atoms. The van der Waals surface area contributed by atoms with E-state index in [2.05, 4.69) is 4.98 Å². The normalized spacial score (nSPS) is 14.7. The lowest BCUT2D eigenvalue weighted by molar-refractivity contribution is 0.0647. The number of amides is 1. The predicted octanol–water partition coefficient (Wildman–Crippen LogP) is 4.26.